The van der Waals surface area contributed by atoms with Crippen LogP contribution in [0.4, 0.5) is 5.82 Å². The van der Waals surface area contributed by atoms with E-state index in [2.05, 4.69) is 21.8 Å². The summed E-state index contributed by atoms with van der Waals surface area (Å²) in [6.45, 7) is 0. The fraction of sp³-hybridized carbons (Fsp3) is 0. The van der Waals surface area contributed by atoms with Crippen molar-refractivity contribution in [3.63, 3.8) is 0 Å². The Hall–Kier alpha value is -2.05. The van der Waals surface area contributed by atoms with Crippen LogP contribution in [-0.2, 0) is 0 Å². The lowest BCUT2D eigenvalue weighted by Crippen LogP contribution is -1.96. The summed E-state index contributed by atoms with van der Waals surface area (Å²) in [5.74, 6) is 6.11. The molecule has 1 heterocycles. The van der Waals surface area contributed by atoms with E-state index in [1.807, 2.05) is 30.3 Å². The normalized spacial score (nSPS) is 9.31. The van der Waals surface area contributed by atoms with Gasteiger partial charge in [-0.15, -0.1) is 0 Å². The zero-order valence-corrected chi connectivity index (χ0v) is 9.07. The van der Waals surface area contributed by atoms with Crippen LogP contribution in [0.15, 0.2) is 36.7 Å². The van der Waals surface area contributed by atoms with Gasteiger partial charge in [-0.3, -0.25) is 0 Å². The predicted molar refractivity (Wildman–Crippen MR) is 63.9 cm³/mol. The van der Waals surface area contributed by atoms with Crippen LogP contribution in [0.2, 0.25) is 5.15 Å². The third-order valence-electron chi connectivity index (χ3n) is 1.94. The van der Waals surface area contributed by atoms with Gasteiger partial charge in [0.25, 0.3) is 0 Å². The van der Waals surface area contributed by atoms with Crippen LogP contribution in [0.5, 0.6) is 0 Å². The number of nitrogens with two attached hydrogens (primary N) is 1. The van der Waals surface area contributed by atoms with E-state index in [9.17, 15) is 0 Å². The first-order valence-electron chi connectivity index (χ1n) is 4.60. The lowest BCUT2D eigenvalue weighted by molar-refractivity contribution is 1.17. The Morgan fingerprint density at radius 1 is 1.06 bits per heavy atom. The lowest BCUT2D eigenvalue weighted by Gasteiger charge is -1.97. The van der Waals surface area contributed by atoms with Gasteiger partial charge in [0.1, 0.15) is 22.9 Å². The molecule has 0 aliphatic heterocycles. The molecule has 0 aliphatic carbocycles. The van der Waals surface area contributed by atoms with E-state index in [0.29, 0.717) is 11.4 Å². The second kappa shape index (κ2) is 4.65. The molecule has 0 amide bonds. The van der Waals surface area contributed by atoms with Crippen molar-refractivity contribution >= 4 is 17.4 Å². The molecule has 16 heavy (non-hydrogen) atoms. The van der Waals surface area contributed by atoms with Crippen LogP contribution in [0.3, 0.4) is 0 Å². The van der Waals surface area contributed by atoms with Crippen LogP contribution >= 0.6 is 11.6 Å². The van der Waals surface area contributed by atoms with E-state index in [1.54, 1.807) is 0 Å². The van der Waals surface area contributed by atoms with Gasteiger partial charge in [-0.1, -0.05) is 41.6 Å². The number of rotatable bonds is 0. The van der Waals surface area contributed by atoms with Crippen LogP contribution in [-0.4, -0.2) is 9.97 Å². The maximum absolute atomic E-state index is 5.86. The minimum absolute atomic E-state index is 0.274. The Labute approximate surface area is 98.3 Å². The summed E-state index contributed by atoms with van der Waals surface area (Å²) < 4.78 is 0. The van der Waals surface area contributed by atoms with Gasteiger partial charge in [0, 0.05) is 5.56 Å². The average molecular weight is 230 g/mol. The number of hydrogen-bond donors (Lipinski definition) is 1. The zero-order valence-electron chi connectivity index (χ0n) is 8.31. The monoisotopic (exact) mass is 229 g/mol. The first-order valence-corrected chi connectivity index (χ1v) is 4.98. The number of benzene rings is 1. The largest absolute Gasteiger partial charge is 0.383 e. The van der Waals surface area contributed by atoms with Crippen molar-refractivity contribution in [2.24, 2.45) is 0 Å². The first-order chi connectivity index (χ1) is 7.77. The third kappa shape index (κ3) is 2.30. The van der Waals surface area contributed by atoms with Crippen molar-refractivity contribution in [1.29, 1.82) is 0 Å². The van der Waals surface area contributed by atoms with E-state index in [-0.39, 0.29) is 5.15 Å². The molecule has 2 N–H and O–H groups in total. The van der Waals surface area contributed by atoms with Gasteiger partial charge >= 0.3 is 0 Å². The number of aromatic nitrogens is 2. The summed E-state index contributed by atoms with van der Waals surface area (Å²) in [6, 6.07) is 9.56. The molecule has 0 saturated heterocycles. The van der Waals surface area contributed by atoms with Gasteiger partial charge in [-0.05, 0) is 12.1 Å². The first kappa shape index (κ1) is 10.5. The van der Waals surface area contributed by atoms with E-state index in [0.717, 1.165) is 5.56 Å². The van der Waals surface area contributed by atoms with Gasteiger partial charge in [0.2, 0.25) is 0 Å². The second-order valence-corrected chi connectivity index (χ2v) is 3.40. The van der Waals surface area contributed by atoms with Gasteiger partial charge < -0.3 is 5.73 Å². The summed E-state index contributed by atoms with van der Waals surface area (Å²) in [7, 11) is 0. The van der Waals surface area contributed by atoms with Gasteiger partial charge in [-0.2, -0.15) is 0 Å². The maximum Gasteiger partial charge on any atom is 0.150 e. The molecule has 78 valence electrons. The van der Waals surface area contributed by atoms with Crippen LogP contribution < -0.4 is 5.73 Å². The Morgan fingerprint density at radius 2 is 1.81 bits per heavy atom. The van der Waals surface area contributed by atoms with E-state index in [4.69, 9.17) is 17.3 Å². The quantitative estimate of drug-likeness (QED) is 0.556. The van der Waals surface area contributed by atoms with Crippen molar-refractivity contribution in [3.05, 3.63) is 52.9 Å². The smallest absolute Gasteiger partial charge is 0.150 e. The van der Waals surface area contributed by atoms with E-state index < -0.39 is 0 Å². The highest BCUT2D eigenvalue weighted by atomic mass is 35.5. The molecular weight excluding hydrogens is 222 g/mol. The predicted octanol–water partition coefficient (Wildman–Crippen LogP) is 2.11. The van der Waals surface area contributed by atoms with Crippen molar-refractivity contribution < 1.29 is 0 Å². The maximum atomic E-state index is 5.86. The Balaban J connectivity index is 2.39. The Bertz CT molecular complexity index is 535. The molecule has 2 aromatic rings. The van der Waals surface area contributed by atoms with Gasteiger partial charge in [0.15, 0.2) is 0 Å². The molecule has 1 aromatic carbocycles. The zero-order chi connectivity index (χ0) is 11.4. The summed E-state index contributed by atoms with van der Waals surface area (Å²) in [5.41, 5.74) is 7.00. The molecule has 0 radical (unpaired) electrons. The standard InChI is InChI=1S/C12H8ClN3/c13-11-10(12(14)16-8-15-11)7-6-9-4-2-1-3-5-9/h1-5,8H,(H2,14,15,16). The Kier molecular flexibility index (Phi) is 3.04. The topological polar surface area (TPSA) is 51.8 Å². The van der Waals surface area contributed by atoms with Crippen molar-refractivity contribution in [2.75, 3.05) is 5.73 Å². The number of nitrogen functional groups attached to an aromatic ring is 1. The van der Waals surface area contributed by atoms with Crippen molar-refractivity contribution in [2.45, 2.75) is 0 Å². The molecule has 0 atom stereocenters. The third-order valence-corrected chi connectivity index (χ3v) is 2.22. The number of nitrogens with zero attached hydrogens (tertiary/aromatic N) is 2. The minimum Gasteiger partial charge on any atom is -0.383 e. The molecule has 1 aromatic heterocycles. The number of hydrogen-bond acceptors (Lipinski definition) is 3. The molecule has 0 fully saturated rings. The van der Waals surface area contributed by atoms with Crippen LogP contribution in [0.25, 0.3) is 0 Å². The number of halogens is 1. The van der Waals surface area contributed by atoms with Crippen molar-refractivity contribution in [3.8, 4) is 11.8 Å². The molecule has 0 bridgehead atoms. The molecule has 0 unspecified atom stereocenters. The van der Waals surface area contributed by atoms with E-state index >= 15 is 0 Å². The minimum atomic E-state index is 0.274. The highest BCUT2D eigenvalue weighted by Gasteiger charge is 2.02. The fourth-order valence-corrected chi connectivity index (χ4v) is 1.34. The molecule has 0 aliphatic rings. The second-order valence-electron chi connectivity index (χ2n) is 3.04. The fourth-order valence-electron chi connectivity index (χ4n) is 1.15. The van der Waals surface area contributed by atoms with E-state index in [1.165, 1.54) is 6.33 Å². The summed E-state index contributed by atoms with van der Waals surface area (Å²) in [5, 5.41) is 0.274. The summed E-state index contributed by atoms with van der Waals surface area (Å²) in [6.07, 6.45) is 1.31. The van der Waals surface area contributed by atoms with Crippen molar-refractivity contribution in [1.82, 2.24) is 9.97 Å². The molecule has 3 nitrogen and oxygen atoms in total. The van der Waals surface area contributed by atoms with Crippen LogP contribution in [0, 0.1) is 11.8 Å². The molecule has 4 heteroatoms. The molecule has 0 spiro atoms. The molecule has 2 rings (SSSR count). The molecular formula is C12H8ClN3. The molecule has 0 saturated carbocycles. The highest BCUT2D eigenvalue weighted by Crippen LogP contribution is 2.15. The highest BCUT2D eigenvalue weighted by molar-refractivity contribution is 6.30. The van der Waals surface area contributed by atoms with Gasteiger partial charge in [-0.25, -0.2) is 9.97 Å². The summed E-state index contributed by atoms with van der Waals surface area (Å²) in [4.78, 5) is 7.66. The lowest BCUT2D eigenvalue weighted by atomic mass is 10.2. The number of anilines is 1. The van der Waals surface area contributed by atoms with Crippen LogP contribution in [0.1, 0.15) is 11.1 Å². The van der Waals surface area contributed by atoms with Gasteiger partial charge in [0.05, 0.1) is 0 Å². The SMILES string of the molecule is Nc1ncnc(Cl)c1C#Cc1ccccc1. The summed E-state index contributed by atoms with van der Waals surface area (Å²) >= 11 is 5.86. The average Bonchev–Trinajstić information content (AvgIpc) is 2.30. The Morgan fingerprint density at radius 3 is 2.50 bits per heavy atom.